The first-order valence-electron chi connectivity index (χ1n) is 6.86. The summed E-state index contributed by atoms with van der Waals surface area (Å²) in [5.74, 6) is 0.699. The van der Waals surface area contributed by atoms with Gasteiger partial charge in [-0.05, 0) is 54.7 Å². The molecule has 2 saturated carbocycles. The van der Waals surface area contributed by atoms with Gasteiger partial charge < -0.3 is 5.11 Å². The van der Waals surface area contributed by atoms with E-state index in [0.717, 1.165) is 12.8 Å². The SMILES string of the molecule is O=S(=O)(NCC1(C2CC2)CC1)c1cc(CO)ccc1Cl. The molecule has 0 radical (unpaired) electrons. The molecular weight excluding hydrogens is 298 g/mol. The maximum Gasteiger partial charge on any atom is 0.242 e. The highest BCUT2D eigenvalue weighted by atomic mass is 35.5. The lowest BCUT2D eigenvalue weighted by molar-refractivity contribution is 0.281. The highest BCUT2D eigenvalue weighted by molar-refractivity contribution is 7.89. The van der Waals surface area contributed by atoms with Crippen molar-refractivity contribution in [1.29, 1.82) is 0 Å². The average Bonchev–Trinajstić information content (AvgIpc) is 3.28. The number of benzene rings is 1. The summed E-state index contributed by atoms with van der Waals surface area (Å²) < 4.78 is 27.4. The van der Waals surface area contributed by atoms with Gasteiger partial charge in [0.1, 0.15) is 4.90 Å². The first-order valence-corrected chi connectivity index (χ1v) is 8.72. The second-order valence-corrected chi connectivity index (χ2v) is 8.03. The number of sulfonamides is 1. The van der Waals surface area contributed by atoms with E-state index in [1.807, 2.05) is 0 Å². The maximum atomic E-state index is 12.4. The third kappa shape index (κ3) is 2.72. The predicted octanol–water partition coefficient (Wildman–Crippen LogP) is 2.30. The van der Waals surface area contributed by atoms with Crippen molar-refractivity contribution in [3.05, 3.63) is 28.8 Å². The number of aliphatic hydroxyl groups excluding tert-OH is 1. The van der Waals surface area contributed by atoms with Crippen LogP contribution in [0.25, 0.3) is 0 Å². The van der Waals surface area contributed by atoms with E-state index in [1.54, 1.807) is 6.07 Å². The molecule has 0 aliphatic heterocycles. The lowest BCUT2D eigenvalue weighted by atomic mass is 10.0. The van der Waals surface area contributed by atoms with E-state index in [0.29, 0.717) is 18.0 Å². The van der Waals surface area contributed by atoms with Crippen LogP contribution in [0.15, 0.2) is 23.1 Å². The molecule has 0 spiro atoms. The van der Waals surface area contributed by atoms with Crippen LogP contribution in [0.3, 0.4) is 0 Å². The van der Waals surface area contributed by atoms with E-state index in [9.17, 15) is 8.42 Å². The van der Waals surface area contributed by atoms with Crippen LogP contribution >= 0.6 is 11.6 Å². The Bertz CT molecular complexity index is 621. The molecule has 1 aromatic rings. The van der Waals surface area contributed by atoms with Gasteiger partial charge in [0.25, 0.3) is 0 Å². The Labute approximate surface area is 124 Å². The van der Waals surface area contributed by atoms with Gasteiger partial charge in [-0.2, -0.15) is 0 Å². The van der Waals surface area contributed by atoms with Gasteiger partial charge in [-0.1, -0.05) is 17.7 Å². The van der Waals surface area contributed by atoms with Crippen molar-refractivity contribution in [1.82, 2.24) is 4.72 Å². The monoisotopic (exact) mass is 315 g/mol. The maximum absolute atomic E-state index is 12.4. The van der Waals surface area contributed by atoms with Gasteiger partial charge in [0.15, 0.2) is 0 Å². The zero-order valence-electron chi connectivity index (χ0n) is 11.1. The van der Waals surface area contributed by atoms with Gasteiger partial charge in [-0.15, -0.1) is 0 Å². The molecule has 0 aromatic heterocycles. The summed E-state index contributed by atoms with van der Waals surface area (Å²) >= 11 is 5.98. The molecule has 0 atom stereocenters. The van der Waals surface area contributed by atoms with E-state index in [-0.39, 0.29) is 21.9 Å². The van der Waals surface area contributed by atoms with Crippen molar-refractivity contribution in [3.63, 3.8) is 0 Å². The minimum atomic E-state index is -3.62. The molecule has 4 nitrogen and oxygen atoms in total. The molecule has 2 aliphatic rings. The second kappa shape index (κ2) is 4.98. The van der Waals surface area contributed by atoms with Gasteiger partial charge in [0, 0.05) is 6.54 Å². The number of nitrogens with one attached hydrogen (secondary N) is 1. The normalized spacial score (nSPS) is 20.9. The van der Waals surface area contributed by atoms with E-state index < -0.39 is 10.0 Å². The summed E-state index contributed by atoms with van der Waals surface area (Å²) in [5.41, 5.74) is 0.742. The zero-order valence-corrected chi connectivity index (χ0v) is 12.7. The van der Waals surface area contributed by atoms with Crippen molar-refractivity contribution in [3.8, 4) is 0 Å². The molecule has 0 unspecified atom stereocenters. The molecule has 20 heavy (non-hydrogen) atoms. The number of rotatable bonds is 6. The summed E-state index contributed by atoms with van der Waals surface area (Å²) in [5, 5.41) is 9.30. The predicted molar refractivity (Wildman–Crippen MR) is 77.0 cm³/mol. The number of hydrogen-bond donors (Lipinski definition) is 2. The number of halogens is 1. The Kier molecular flexibility index (Phi) is 3.57. The third-order valence-electron chi connectivity index (χ3n) is 4.42. The number of aliphatic hydroxyl groups is 1. The lowest BCUT2D eigenvalue weighted by Crippen LogP contribution is -2.31. The van der Waals surface area contributed by atoms with Crippen LogP contribution in [0.2, 0.25) is 5.02 Å². The molecule has 6 heteroatoms. The fourth-order valence-corrected chi connectivity index (χ4v) is 4.44. The fourth-order valence-electron chi connectivity index (χ4n) is 2.75. The topological polar surface area (TPSA) is 66.4 Å². The van der Waals surface area contributed by atoms with Crippen molar-refractivity contribution in [2.24, 2.45) is 11.3 Å². The van der Waals surface area contributed by atoms with Crippen LogP contribution in [-0.2, 0) is 16.6 Å². The molecular formula is C14H18ClNO3S. The van der Waals surface area contributed by atoms with Crippen LogP contribution in [0.5, 0.6) is 0 Å². The molecule has 0 saturated heterocycles. The van der Waals surface area contributed by atoms with E-state index in [1.165, 1.54) is 25.0 Å². The van der Waals surface area contributed by atoms with Crippen LogP contribution < -0.4 is 4.72 Å². The van der Waals surface area contributed by atoms with Gasteiger partial charge >= 0.3 is 0 Å². The molecule has 110 valence electrons. The smallest absolute Gasteiger partial charge is 0.242 e. The summed E-state index contributed by atoms with van der Waals surface area (Å²) in [6.07, 6.45) is 4.68. The van der Waals surface area contributed by atoms with Crippen LogP contribution in [0.4, 0.5) is 0 Å². The molecule has 0 amide bonds. The van der Waals surface area contributed by atoms with Gasteiger partial charge in [-0.25, -0.2) is 13.1 Å². The Balaban J connectivity index is 1.77. The van der Waals surface area contributed by atoms with E-state index in [4.69, 9.17) is 16.7 Å². The van der Waals surface area contributed by atoms with Crippen LogP contribution in [0, 0.1) is 11.3 Å². The first kappa shape index (κ1) is 14.3. The van der Waals surface area contributed by atoms with Crippen molar-refractivity contribution in [2.75, 3.05) is 6.54 Å². The quantitative estimate of drug-likeness (QED) is 0.846. The Hall–Kier alpha value is -0.620. The fraction of sp³-hybridized carbons (Fsp3) is 0.571. The minimum absolute atomic E-state index is 0.0531. The third-order valence-corrected chi connectivity index (χ3v) is 6.30. The van der Waals surface area contributed by atoms with Gasteiger partial charge in [0.05, 0.1) is 11.6 Å². The van der Waals surface area contributed by atoms with Crippen LogP contribution in [-0.4, -0.2) is 20.1 Å². The summed E-state index contributed by atoms with van der Waals surface area (Å²) in [4.78, 5) is 0.0531. The van der Waals surface area contributed by atoms with Crippen LogP contribution in [0.1, 0.15) is 31.2 Å². The summed E-state index contributed by atoms with van der Waals surface area (Å²) in [6, 6.07) is 4.56. The average molecular weight is 316 g/mol. The van der Waals surface area contributed by atoms with Crippen molar-refractivity contribution < 1.29 is 13.5 Å². The second-order valence-electron chi connectivity index (χ2n) is 5.88. The molecule has 2 fully saturated rings. The Morgan fingerprint density at radius 3 is 2.60 bits per heavy atom. The van der Waals surface area contributed by atoms with Gasteiger partial charge in [0.2, 0.25) is 10.0 Å². The van der Waals surface area contributed by atoms with Crippen molar-refractivity contribution in [2.45, 2.75) is 37.2 Å². The highest BCUT2D eigenvalue weighted by Gasteiger charge is 2.53. The van der Waals surface area contributed by atoms with Gasteiger partial charge in [-0.3, -0.25) is 0 Å². The highest BCUT2D eigenvalue weighted by Crippen LogP contribution is 2.60. The Morgan fingerprint density at radius 2 is 2.05 bits per heavy atom. The molecule has 1 aromatic carbocycles. The minimum Gasteiger partial charge on any atom is -0.392 e. The van der Waals surface area contributed by atoms with E-state index in [2.05, 4.69) is 4.72 Å². The molecule has 0 heterocycles. The van der Waals surface area contributed by atoms with Crippen molar-refractivity contribution >= 4 is 21.6 Å². The number of hydrogen-bond acceptors (Lipinski definition) is 3. The Morgan fingerprint density at radius 1 is 1.35 bits per heavy atom. The van der Waals surface area contributed by atoms with E-state index >= 15 is 0 Å². The first-order chi connectivity index (χ1) is 9.47. The summed E-state index contributed by atoms with van der Waals surface area (Å²) in [7, 11) is -3.62. The summed E-state index contributed by atoms with van der Waals surface area (Å²) in [6.45, 7) is 0.297. The zero-order chi connectivity index (χ0) is 14.4. The molecule has 2 aliphatic carbocycles. The molecule has 2 N–H and O–H groups in total. The standard InChI is InChI=1S/C14H18ClNO3S/c15-12-4-1-10(8-17)7-13(12)20(18,19)16-9-14(5-6-14)11-2-3-11/h1,4,7,11,16-17H,2-3,5-6,8-9H2. The molecule has 3 rings (SSSR count). The molecule has 0 bridgehead atoms. The largest absolute Gasteiger partial charge is 0.392 e. The lowest BCUT2D eigenvalue weighted by Gasteiger charge is -2.16.